The van der Waals surface area contributed by atoms with E-state index in [2.05, 4.69) is 21.0 Å². The number of halogens is 1. The zero-order valence-corrected chi connectivity index (χ0v) is 17.2. The van der Waals surface area contributed by atoms with Gasteiger partial charge in [0.05, 0.1) is 5.69 Å². The fourth-order valence-electron chi connectivity index (χ4n) is 4.84. The number of fused-ring (bicyclic) bond motifs is 11. The van der Waals surface area contributed by atoms with Crippen LogP contribution in [0.15, 0.2) is 72.1 Å². The van der Waals surface area contributed by atoms with Crippen LogP contribution >= 0.6 is 0 Å². The lowest BCUT2D eigenvalue weighted by Gasteiger charge is -2.30. The van der Waals surface area contributed by atoms with E-state index in [4.69, 9.17) is 15.5 Å². The number of aromatic nitrogens is 3. The molecular weight excluding hydrogens is 405 g/mol. The summed E-state index contributed by atoms with van der Waals surface area (Å²) in [5.41, 5.74) is 12.5. The van der Waals surface area contributed by atoms with Gasteiger partial charge in [-0.2, -0.15) is 0 Å². The minimum Gasteiger partial charge on any atom is -0.462 e. The fraction of sp³-hybridized carbons (Fsp3) is 0.120. The molecule has 1 unspecified atom stereocenters. The highest BCUT2D eigenvalue weighted by atomic mass is 19.1. The maximum Gasteiger partial charge on any atom is 0.228 e. The van der Waals surface area contributed by atoms with Gasteiger partial charge in [-0.05, 0) is 47.9 Å². The third-order valence-corrected chi connectivity index (χ3v) is 6.13. The second kappa shape index (κ2) is 6.68. The number of nitrogens with zero attached hydrogens (tertiary/aromatic N) is 4. The van der Waals surface area contributed by atoms with Gasteiger partial charge >= 0.3 is 0 Å². The molecule has 4 aromatic rings. The number of ether oxygens (including phenoxy) is 1. The molecule has 4 bridgehead atoms. The summed E-state index contributed by atoms with van der Waals surface area (Å²) in [6, 6.07) is 15.9. The summed E-state index contributed by atoms with van der Waals surface area (Å²) in [7, 11) is 0. The molecule has 1 atom stereocenters. The van der Waals surface area contributed by atoms with E-state index in [1.165, 1.54) is 0 Å². The van der Waals surface area contributed by atoms with Crippen molar-refractivity contribution in [3.05, 3.63) is 95.1 Å². The largest absolute Gasteiger partial charge is 0.462 e. The van der Waals surface area contributed by atoms with Crippen LogP contribution in [0.1, 0.15) is 27.9 Å². The zero-order chi connectivity index (χ0) is 21.9. The highest BCUT2D eigenvalue weighted by Gasteiger charge is 2.45. The van der Waals surface area contributed by atoms with Crippen LogP contribution in [0.2, 0.25) is 0 Å². The highest BCUT2D eigenvalue weighted by molar-refractivity contribution is 6.01. The monoisotopic (exact) mass is 423 g/mol. The number of hydrogen-bond acceptors (Lipinski definition) is 6. The molecule has 6 nitrogen and oxygen atoms in total. The lowest BCUT2D eigenvalue weighted by Crippen LogP contribution is -2.25. The Balaban J connectivity index is 1.81. The molecule has 1 spiro atoms. The van der Waals surface area contributed by atoms with E-state index in [-0.39, 0.29) is 0 Å². The number of hydrogen-bond donors (Lipinski definition) is 1. The summed E-state index contributed by atoms with van der Waals surface area (Å²) in [6.45, 7) is 0.945. The van der Waals surface area contributed by atoms with Crippen molar-refractivity contribution in [1.82, 2.24) is 15.0 Å². The Morgan fingerprint density at radius 1 is 0.906 bits per heavy atom. The second-order valence-corrected chi connectivity index (χ2v) is 7.86. The average Bonchev–Trinajstić information content (AvgIpc) is 3.14. The van der Waals surface area contributed by atoms with Gasteiger partial charge in [0.2, 0.25) is 6.86 Å². The molecule has 2 aliphatic rings. The van der Waals surface area contributed by atoms with E-state index in [1.807, 2.05) is 49.4 Å². The number of nitrogens with two attached hydrogens (primary N) is 1. The van der Waals surface area contributed by atoms with Gasteiger partial charge in [-0.1, -0.05) is 24.3 Å². The first-order chi connectivity index (χ1) is 15.6. The van der Waals surface area contributed by atoms with Crippen LogP contribution in [0.3, 0.4) is 0 Å². The van der Waals surface area contributed by atoms with Crippen LogP contribution in [-0.4, -0.2) is 27.6 Å². The third kappa shape index (κ3) is 2.39. The van der Waals surface area contributed by atoms with Crippen molar-refractivity contribution in [2.45, 2.75) is 12.5 Å². The number of alkyl halides is 1. The molecule has 0 amide bonds. The molecule has 2 N–H and O–H groups in total. The van der Waals surface area contributed by atoms with E-state index < -0.39 is 12.4 Å². The van der Waals surface area contributed by atoms with Gasteiger partial charge in [0, 0.05) is 35.3 Å². The van der Waals surface area contributed by atoms with Gasteiger partial charge in [-0.3, -0.25) is 15.0 Å². The topological polar surface area (TPSA) is 86.3 Å². The van der Waals surface area contributed by atoms with Gasteiger partial charge in [-0.15, -0.1) is 0 Å². The Morgan fingerprint density at radius 3 is 2.56 bits per heavy atom. The molecule has 156 valence electrons. The predicted octanol–water partition coefficient (Wildman–Crippen LogP) is 4.14. The first kappa shape index (κ1) is 18.6. The summed E-state index contributed by atoms with van der Waals surface area (Å²) in [4.78, 5) is 18.7. The highest BCUT2D eigenvalue weighted by Crippen LogP contribution is 2.50. The second-order valence-electron chi connectivity index (χ2n) is 7.86. The average molecular weight is 423 g/mol. The van der Waals surface area contributed by atoms with Crippen LogP contribution in [0.25, 0.3) is 22.5 Å². The number of rotatable bonds is 2. The lowest BCUT2D eigenvalue weighted by molar-refractivity contribution is 0.191. The van der Waals surface area contributed by atoms with E-state index >= 15 is 0 Å². The first-order valence-electron chi connectivity index (χ1n) is 10.2. The van der Waals surface area contributed by atoms with Crippen LogP contribution < -0.4 is 10.5 Å². The molecule has 0 saturated carbocycles. The molecule has 3 heterocycles. The van der Waals surface area contributed by atoms with Crippen molar-refractivity contribution in [3.8, 4) is 28.3 Å². The van der Waals surface area contributed by atoms with Crippen LogP contribution in [0.5, 0.6) is 5.75 Å². The summed E-state index contributed by atoms with van der Waals surface area (Å²) < 4.78 is 18.8. The fourth-order valence-corrected chi connectivity index (χ4v) is 4.84. The van der Waals surface area contributed by atoms with E-state index in [0.29, 0.717) is 34.2 Å². The maximum absolute atomic E-state index is 13.4. The van der Waals surface area contributed by atoms with Gasteiger partial charge in [0.1, 0.15) is 28.5 Å². The van der Waals surface area contributed by atoms with Crippen molar-refractivity contribution in [1.29, 1.82) is 0 Å². The Hall–Kier alpha value is -4.13. The lowest BCUT2D eigenvalue weighted by atomic mass is 9.77. The molecule has 6 rings (SSSR count). The SMILES string of the molecule is Cc1cc2cc(c1OCF)-c1nccnc1-c1cccc(c1)C21N=C(N)c2ncccc21. The van der Waals surface area contributed by atoms with Crippen LogP contribution in [0.4, 0.5) is 4.39 Å². The Morgan fingerprint density at radius 2 is 1.72 bits per heavy atom. The van der Waals surface area contributed by atoms with Gasteiger partial charge in [0.25, 0.3) is 0 Å². The summed E-state index contributed by atoms with van der Waals surface area (Å²) in [5.74, 6) is 0.812. The normalized spacial score (nSPS) is 17.6. The van der Waals surface area contributed by atoms with Crippen molar-refractivity contribution in [2.24, 2.45) is 10.7 Å². The molecule has 0 fully saturated rings. The van der Waals surface area contributed by atoms with Crippen molar-refractivity contribution < 1.29 is 9.13 Å². The van der Waals surface area contributed by atoms with Gasteiger partial charge < -0.3 is 10.5 Å². The standard InChI is InChI=1S/C25H18FN5O/c1-14-10-17-12-18(23(14)32-13-26)21-20(29-8-9-30-21)15-4-2-5-16(11-15)25(17)19-6-3-7-28-22(19)24(27)31-25/h2-12H,13H2,1H3,(H2,27,31). The van der Waals surface area contributed by atoms with E-state index in [9.17, 15) is 4.39 Å². The van der Waals surface area contributed by atoms with Crippen molar-refractivity contribution in [3.63, 3.8) is 0 Å². The first-order valence-corrected chi connectivity index (χ1v) is 10.2. The van der Waals surface area contributed by atoms with E-state index in [1.54, 1.807) is 18.6 Å². The maximum atomic E-state index is 13.4. The number of benzene rings is 2. The number of aliphatic imine (C=N–C) groups is 1. The Bertz CT molecular complexity index is 1430. The Labute approximate surface area is 183 Å². The van der Waals surface area contributed by atoms with E-state index in [0.717, 1.165) is 27.8 Å². The zero-order valence-electron chi connectivity index (χ0n) is 17.2. The molecule has 7 heteroatoms. The van der Waals surface area contributed by atoms with Crippen LogP contribution in [-0.2, 0) is 5.54 Å². The molecule has 0 radical (unpaired) electrons. The number of aryl methyl sites for hydroxylation is 1. The molecule has 32 heavy (non-hydrogen) atoms. The van der Waals surface area contributed by atoms with Gasteiger partial charge in [0.15, 0.2) is 0 Å². The third-order valence-electron chi connectivity index (χ3n) is 6.13. The number of amidine groups is 1. The van der Waals surface area contributed by atoms with Gasteiger partial charge in [-0.25, -0.2) is 9.38 Å². The molecule has 2 aromatic carbocycles. The summed E-state index contributed by atoms with van der Waals surface area (Å²) >= 11 is 0. The number of pyridine rings is 1. The minimum atomic E-state index is -0.945. The predicted molar refractivity (Wildman–Crippen MR) is 119 cm³/mol. The molecule has 0 saturated heterocycles. The smallest absolute Gasteiger partial charge is 0.228 e. The summed E-state index contributed by atoms with van der Waals surface area (Å²) in [5, 5.41) is 0. The minimum absolute atomic E-state index is 0.377. The molecule has 2 aromatic heterocycles. The van der Waals surface area contributed by atoms with Crippen LogP contribution in [0, 0.1) is 6.92 Å². The Kier molecular flexibility index (Phi) is 3.89. The summed E-state index contributed by atoms with van der Waals surface area (Å²) in [6.07, 6.45) is 4.99. The van der Waals surface area contributed by atoms with Crippen molar-refractivity contribution >= 4 is 5.84 Å². The molecule has 1 aliphatic carbocycles. The molecule has 1 aliphatic heterocycles. The van der Waals surface area contributed by atoms with Crippen molar-refractivity contribution in [2.75, 3.05) is 6.86 Å². The quantitative estimate of drug-likeness (QED) is 0.524. The molecular formula is C25H18FN5O.